The first-order valence-electron chi connectivity index (χ1n) is 7.55. The van der Waals surface area contributed by atoms with Crippen LogP contribution >= 0.6 is 11.6 Å². The Morgan fingerprint density at radius 3 is 2.64 bits per heavy atom. The van der Waals surface area contributed by atoms with Gasteiger partial charge >= 0.3 is 0 Å². The maximum atomic E-state index is 13.1. The van der Waals surface area contributed by atoms with Crippen LogP contribution in [0.4, 0.5) is 10.1 Å². The summed E-state index contributed by atoms with van der Waals surface area (Å²) in [5, 5.41) is 2.74. The summed E-state index contributed by atoms with van der Waals surface area (Å²) in [7, 11) is 0. The van der Waals surface area contributed by atoms with Crippen molar-refractivity contribution >= 4 is 29.1 Å². The second-order valence-corrected chi connectivity index (χ2v) is 5.93. The second kappa shape index (κ2) is 7.58. The fraction of sp³-hybridized carbons (Fsp3) is 0.500. The number of carbonyl (C=O) groups is 2. The molecule has 1 aromatic carbocycles. The third-order valence-corrected chi connectivity index (χ3v) is 4.16. The molecule has 0 radical (unpaired) electrons. The van der Waals surface area contributed by atoms with Crippen LogP contribution in [0.5, 0.6) is 0 Å². The SMILES string of the molecule is CCCC(=O)N1CCC(C(=O)Nc2ccc(F)c(Cl)c2)CC1. The molecule has 1 aromatic rings. The summed E-state index contributed by atoms with van der Waals surface area (Å²) in [5.41, 5.74) is 0.487. The minimum atomic E-state index is -0.512. The van der Waals surface area contributed by atoms with Crippen molar-refractivity contribution in [3.63, 3.8) is 0 Å². The van der Waals surface area contributed by atoms with Gasteiger partial charge in [0.25, 0.3) is 0 Å². The van der Waals surface area contributed by atoms with E-state index in [-0.39, 0.29) is 22.8 Å². The number of rotatable bonds is 4. The topological polar surface area (TPSA) is 49.4 Å². The van der Waals surface area contributed by atoms with Crippen LogP contribution in [0, 0.1) is 11.7 Å². The zero-order valence-electron chi connectivity index (χ0n) is 12.6. The van der Waals surface area contributed by atoms with Crippen molar-refractivity contribution in [1.82, 2.24) is 4.90 Å². The minimum Gasteiger partial charge on any atom is -0.343 e. The minimum absolute atomic E-state index is 0.0159. The maximum absolute atomic E-state index is 13.1. The van der Waals surface area contributed by atoms with Crippen molar-refractivity contribution in [2.24, 2.45) is 5.92 Å². The number of carbonyl (C=O) groups excluding carboxylic acids is 2. The average Bonchev–Trinajstić information content (AvgIpc) is 2.51. The lowest BCUT2D eigenvalue weighted by Crippen LogP contribution is -2.41. The van der Waals surface area contributed by atoms with E-state index in [0.29, 0.717) is 38.0 Å². The second-order valence-electron chi connectivity index (χ2n) is 5.52. The molecule has 22 heavy (non-hydrogen) atoms. The fourth-order valence-corrected chi connectivity index (χ4v) is 2.76. The summed E-state index contributed by atoms with van der Waals surface area (Å²) in [6.07, 6.45) is 2.70. The molecule has 4 nitrogen and oxygen atoms in total. The fourth-order valence-electron chi connectivity index (χ4n) is 2.58. The lowest BCUT2D eigenvalue weighted by molar-refractivity contribution is -0.134. The molecule has 0 atom stereocenters. The smallest absolute Gasteiger partial charge is 0.227 e. The molecule has 1 aliphatic heterocycles. The van der Waals surface area contributed by atoms with Gasteiger partial charge in [-0.2, -0.15) is 0 Å². The van der Waals surface area contributed by atoms with Crippen molar-refractivity contribution in [3.05, 3.63) is 29.0 Å². The first-order valence-corrected chi connectivity index (χ1v) is 7.92. The van der Waals surface area contributed by atoms with Crippen LogP contribution in [0.15, 0.2) is 18.2 Å². The number of hydrogen-bond donors (Lipinski definition) is 1. The number of piperidine rings is 1. The number of anilines is 1. The van der Waals surface area contributed by atoms with Gasteiger partial charge in [0.05, 0.1) is 5.02 Å². The molecule has 0 unspecified atom stereocenters. The van der Waals surface area contributed by atoms with Crippen LogP contribution < -0.4 is 5.32 Å². The standard InChI is InChI=1S/C16H20ClFN2O2/c1-2-3-15(21)20-8-6-11(7-9-20)16(22)19-12-4-5-14(18)13(17)10-12/h4-5,10-11H,2-3,6-9H2,1H3,(H,19,22). The quantitative estimate of drug-likeness (QED) is 0.921. The summed E-state index contributed by atoms with van der Waals surface area (Å²) in [4.78, 5) is 25.8. The normalized spacial score (nSPS) is 15.7. The van der Waals surface area contributed by atoms with Gasteiger partial charge in [-0.3, -0.25) is 9.59 Å². The van der Waals surface area contributed by atoms with E-state index in [1.54, 1.807) is 0 Å². The highest BCUT2D eigenvalue weighted by Gasteiger charge is 2.27. The molecular formula is C16H20ClFN2O2. The molecule has 1 aliphatic rings. The predicted molar refractivity (Wildman–Crippen MR) is 84.3 cm³/mol. The van der Waals surface area contributed by atoms with E-state index in [9.17, 15) is 14.0 Å². The maximum Gasteiger partial charge on any atom is 0.227 e. The van der Waals surface area contributed by atoms with Gasteiger partial charge in [0.1, 0.15) is 5.82 Å². The first-order chi connectivity index (χ1) is 10.5. The lowest BCUT2D eigenvalue weighted by Gasteiger charge is -2.31. The summed E-state index contributed by atoms with van der Waals surface area (Å²) in [6.45, 7) is 3.20. The summed E-state index contributed by atoms with van der Waals surface area (Å²) in [5.74, 6) is -0.589. The molecule has 0 bridgehead atoms. The van der Waals surface area contributed by atoms with E-state index in [2.05, 4.69) is 5.32 Å². The average molecular weight is 327 g/mol. The van der Waals surface area contributed by atoms with E-state index < -0.39 is 5.82 Å². The molecular weight excluding hydrogens is 307 g/mol. The Morgan fingerprint density at radius 1 is 1.36 bits per heavy atom. The number of halogens is 2. The highest BCUT2D eigenvalue weighted by atomic mass is 35.5. The zero-order valence-corrected chi connectivity index (χ0v) is 13.3. The van der Waals surface area contributed by atoms with E-state index in [0.717, 1.165) is 6.42 Å². The first kappa shape index (κ1) is 16.7. The van der Waals surface area contributed by atoms with E-state index in [4.69, 9.17) is 11.6 Å². The van der Waals surface area contributed by atoms with Gasteiger partial charge < -0.3 is 10.2 Å². The Morgan fingerprint density at radius 2 is 2.05 bits per heavy atom. The van der Waals surface area contributed by atoms with Crippen molar-refractivity contribution in [2.45, 2.75) is 32.6 Å². The van der Waals surface area contributed by atoms with E-state index in [1.807, 2.05) is 11.8 Å². The Labute approximate surface area is 134 Å². The van der Waals surface area contributed by atoms with Crippen molar-refractivity contribution in [2.75, 3.05) is 18.4 Å². The zero-order chi connectivity index (χ0) is 16.1. The molecule has 120 valence electrons. The molecule has 0 aromatic heterocycles. The number of benzene rings is 1. The molecule has 2 rings (SSSR count). The predicted octanol–water partition coefficient (Wildman–Crippen LogP) is 3.46. The van der Waals surface area contributed by atoms with Crippen LogP contribution in [0.1, 0.15) is 32.6 Å². The highest BCUT2D eigenvalue weighted by Crippen LogP contribution is 2.23. The molecule has 1 N–H and O–H groups in total. The van der Waals surface area contributed by atoms with E-state index in [1.165, 1.54) is 18.2 Å². The van der Waals surface area contributed by atoms with Gasteiger partial charge in [-0.25, -0.2) is 4.39 Å². The number of likely N-dealkylation sites (tertiary alicyclic amines) is 1. The van der Waals surface area contributed by atoms with Crippen molar-refractivity contribution in [3.8, 4) is 0 Å². The number of amides is 2. The van der Waals surface area contributed by atoms with Crippen LogP contribution in [0.3, 0.4) is 0 Å². The molecule has 0 spiro atoms. The molecule has 0 aliphatic carbocycles. The molecule has 1 heterocycles. The molecule has 0 saturated carbocycles. The van der Waals surface area contributed by atoms with Gasteiger partial charge in [0.15, 0.2) is 0 Å². The Bertz CT molecular complexity index is 557. The van der Waals surface area contributed by atoms with Crippen LogP contribution in [0.25, 0.3) is 0 Å². The monoisotopic (exact) mass is 326 g/mol. The summed E-state index contributed by atoms with van der Waals surface area (Å²) >= 11 is 5.70. The van der Waals surface area contributed by atoms with Crippen LogP contribution in [-0.2, 0) is 9.59 Å². The molecule has 1 fully saturated rings. The Hall–Kier alpha value is -1.62. The van der Waals surface area contributed by atoms with Gasteiger partial charge in [-0.15, -0.1) is 0 Å². The third-order valence-electron chi connectivity index (χ3n) is 3.87. The number of nitrogens with one attached hydrogen (secondary N) is 1. The summed E-state index contributed by atoms with van der Waals surface area (Å²) < 4.78 is 13.1. The van der Waals surface area contributed by atoms with Gasteiger partial charge in [0.2, 0.25) is 11.8 Å². The van der Waals surface area contributed by atoms with Crippen molar-refractivity contribution in [1.29, 1.82) is 0 Å². The molecule has 2 amide bonds. The Kier molecular flexibility index (Phi) is 5.77. The van der Waals surface area contributed by atoms with Gasteiger partial charge in [-0.1, -0.05) is 18.5 Å². The number of nitrogens with zero attached hydrogens (tertiary/aromatic N) is 1. The van der Waals surface area contributed by atoms with Gasteiger partial charge in [0, 0.05) is 31.1 Å². The lowest BCUT2D eigenvalue weighted by atomic mass is 9.95. The third kappa shape index (κ3) is 4.19. The van der Waals surface area contributed by atoms with Crippen LogP contribution in [0.2, 0.25) is 5.02 Å². The molecule has 1 saturated heterocycles. The van der Waals surface area contributed by atoms with Crippen LogP contribution in [-0.4, -0.2) is 29.8 Å². The van der Waals surface area contributed by atoms with Crippen molar-refractivity contribution < 1.29 is 14.0 Å². The van der Waals surface area contributed by atoms with Gasteiger partial charge in [-0.05, 0) is 37.5 Å². The summed E-state index contributed by atoms with van der Waals surface area (Å²) in [6, 6.07) is 4.11. The number of hydrogen-bond acceptors (Lipinski definition) is 2. The Balaban J connectivity index is 1.87. The highest BCUT2D eigenvalue weighted by molar-refractivity contribution is 6.31. The van der Waals surface area contributed by atoms with E-state index >= 15 is 0 Å². The molecule has 6 heteroatoms. The largest absolute Gasteiger partial charge is 0.343 e.